The highest BCUT2D eigenvalue weighted by Gasteiger charge is 2.12. The van der Waals surface area contributed by atoms with Crippen LogP contribution < -0.4 is 5.73 Å². The second-order valence-electron chi connectivity index (χ2n) is 3.77. The Balaban J connectivity index is 2.60. The van der Waals surface area contributed by atoms with Gasteiger partial charge >= 0.3 is 5.97 Å². The summed E-state index contributed by atoms with van der Waals surface area (Å²) in [5.41, 5.74) is 7.75. The fourth-order valence-electron chi connectivity index (χ4n) is 1.25. The van der Waals surface area contributed by atoms with Crippen LogP contribution in [-0.4, -0.2) is 33.6 Å². The number of anilines is 1. The van der Waals surface area contributed by atoms with E-state index in [1.165, 1.54) is 4.68 Å². The summed E-state index contributed by atoms with van der Waals surface area (Å²) >= 11 is 0. The maximum atomic E-state index is 11.4. The fourth-order valence-corrected chi connectivity index (χ4v) is 1.25. The number of nitrogen functional groups attached to an aromatic ring is 1. The van der Waals surface area contributed by atoms with Gasteiger partial charge in [-0.25, -0.2) is 0 Å². The fraction of sp³-hybridized carbons (Fsp3) is 0.600. The van der Waals surface area contributed by atoms with Crippen molar-refractivity contribution < 1.29 is 14.6 Å². The van der Waals surface area contributed by atoms with Crippen LogP contribution in [0.5, 0.6) is 0 Å². The van der Waals surface area contributed by atoms with E-state index in [1.54, 1.807) is 20.8 Å². The maximum absolute atomic E-state index is 11.4. The van der Waals surface area contributed by atoms with Crippen LogP contribution in [0.4, 0.5) is 5.69 Å². The first-order valence-electron chi connectivity index (χ1n) is 5.05. The number of hydrogen-bond donors (Lipinski definition) is 2. The molecule has 1 atom stereocenters. The highest BCUT2D eigenvalue weighted by atomic mass is 16.5. The number of nitrogens with zero attached hydrogens (tertiary/aromatic N) is 2. The van der Waals surface area contributed by atoms with Crippen LogP contribution in [0.3, 0.4) is 0 Å². The molecule has 0 aliphatic carbocycles. The summed E-state index contributed by atoms with van der Waals surface area (Å²) in [5, 5.41) is 13.1. The number of rotatable bonds is 4. The van der Waals surface area contributed by atoms with Crippen LogP contribution in [0.2, 0.25) is 0 Å². The van der Waals surface area contributed by atoms with E-state index >= 15 is 0 Å². The quantitative estimate of drug-likeness (QED) is 0.707. The largest absolute Gasteiger partial charge is 0.462 e. The molecule has 0 aliphatic heterocycles. The number of carbonyl (C=O) groups excluding carboxylic acids is 1. The van der Waals surface area contributed by atoms with Crippen molar-refractivity contribution in [1.82, 2.24) is 9.78 Å². The molecule has 1 aromatic heterocycles. The zero-order valence-electron chi connectivity index (χ0n) is 9.73. The second-order valence-corrected chi connectivity index (χ2v) is 3.77. The van der Waals surface area contributed by atoms with E-state index in [4.69, 9.17) is 15.6 Å². The molecule has 6 nitrogen and oxygen atoms in total. The second kappa shape index (κ2) is 4.98. The first-order chi connectivity index (χ1) is 7.41. The van der Waals surface area contributed by atoms with Crippen molar-refractivity contribution in [2.75, 3.05) is 12.3 Å². The SMILES string of the molecule is Cc1nn(CC(=O)OCC(C)O)c(C)c1N. The molecule has 0 fully saturated rings. The lowest BCUT2D eigenvalue weighted by molar-refractivity contribution is -0.147. The van der Waals surface area contributed by atoms with E-state index in [9.17, 15) is 4.79 Å². The number of esters is 1. The molecule has 0 amide bonds. The molecule has 0 saturated carbocycles. The number of ether oxygens (including phenoxy) is 1. The van der Waals surface area contributed by atoms with E-state index in [0.717, 1.165) is 5.69 Å². The predicted molar refractivity (Wildman–Crippen MR) is 58.8 cm³/mol. The van der Waals surface area contributed by atoms with Crippen molar-refractivity contribution in [2.24, 2.45) is 0 Å². The molecule has 6 heteroatoms. The Morgan fingerprint density at radius 1 is 1.62 bits per heavy atom. The molecule has 0 aliphatic rings. The lowest BCUT2D eigenvalue weighted by Gasteiger charge is -2.07. The molecule has 0 bridgehead atoms. The van der Waals surface area contributed by atoms with E-state index in [1.807, 2.05) is 0 Å². The van der Waals surface area contributed by atoms with E-state index < -0.39 is 12.1 Å². The Hall–Kier alpha value is -1.56. The molecule has 3 N–H and O–H groups in total. The predicted octanol–water partition coefficient (Wildman–Crippen LogP) is 0.00614. The first kappa shape index (κ1) is 12.5. The molecule has 0 aromatic carbocycles. The molecular weight excluding hydrogens is 210 g/mol. The molecular formula is C10H17N3O3. The van der Waals surface area contributed by atoms with Crippen LogP contribution in [0, 0.1) is 13.8 Å². The number of aromatic nitrogens is 2. The van der Waals surface area contributed by atoms with Crippen molar-refractivity contribution in [2.45, 2.75) is 33.4 Å². The molecule has 0 radical (unpaired) electrons. The van der Waals surface area contributed by atoms with Gasteiger partial charge in [-0.05, 0) is 20.8 Å². The highest BCUT2D eigenvalue weighted by Crippen LogP contribution is 2.14. The minimum atomic E-state index is -0.658. The summed E-state index contributed by atoms with van der Waals surface area (Å²) in [4.78, 5) is 11.4. The Bertz CT molecular complexity index is 385. The number of aryl methyl sites for hydroxylation is 1. The van der Waals surface area contributed by atoms with Crippen molar-refractivity contribution >= 4 is 11.7 Å². The van der Waals surface area contributed by atoms with Crippen LogP contribution >= 0.6 is 0 Å². The number of nitrogens with two attached hydrogens (primary N) is 1. The van der Waals surface area contributed by atoms with E-state index in [-0.39, 0.29) is 13.2 Å². The number of carbonyl (C=O) groups is 1. The summed E-state index contributed by atoms with van der Waals surface area (Å²) in [6.07, 6.45) is -0.658. The zero-order valence-corrected chi connectivity index (χ0v) is 9.73. The topological polar surface area (TPSA) is 90.4 Å². The minimum Gasteiger partial charge on any atom is -0.462 e. The number of aliphatic hydroxyl groups is 1. The highest BCUT2D eigenvalue weighted by molar-refractivity contribution is 5.69. The number of hydrogen-bond acceptors (Lipinski definition) is 5. The van der Waals surface area contributed by atoms with Gasteiger partial charge in [0.15, 0.2) is 0 Å². The Morgan fingerprint density at radius 2 is 2.25 bits per heavy atom. The monoisotopic (exact) mass is 227 g/mol. The minimum absolute atomic E-state index is 0.00634. The van der Waals surface area contributed by atoms with Crippen molar-refractivity contribution in [3.63, 3.8) is 0 Å². The van der Waals surface area contributed by atoms with Gasteiger partial charge < -0.3 is 15.6 Å². The molecule has 0 saturated heterocycles. The van der Waals surface area contributed by atoms with Gasteiger partial charge in [-0.15, -0.1) is 0 Å². The summed E-state index contributed by atoms with van der Waals surface area (Å²) in [5.74, 6) is -0.438. The number of aliphatic hydroxyl groups excluding tert-OH is 1. The average Bonchev–Trinajstić information content (AvgIpc) is 2.43. The van der Waals surface area contributed by atoms with Gasteiger partial charge in [0.25, 0.3) is 0 Å². The molecule has 1 aromatic rings. The van der Waals surface area contributed by atoms with Gasteiger partial charge in [-0.3, -0.25) is 9.48 Å². The van der Waals surface area contributed by atoms with Crippen LogP contribution in [0.1, 0.15) is 18.3 Å². The Morgan fingerprint density at radius 3 is 2.69 bits per heavy atom. The lowest BCUT2D eigenvalue weighted by Crippen LogP contribution is -2.20. The van der Waals surface area contributed by atoms with Gasteiger partial charge in [-0.1, -0.05) is 0 Å². The van der Waals surface area contributed by atoms with E-state index in [0.29, 0.717) is 11.4 Å². The van der Waals surface area contributed by atoms with Crippen LogP contribution in [-0.2, 0) is 16.1 Å². The summed E-state index contributed by atoms with van der Waals surface area (Å²) in [6.45, 7) is 5.12. The normalized spacial score (nSPS) is 12.5. The third-order valence-electron chi connectivity index (χ3n) is 2.20. The smallest absolute Gasteiger partial charge is 0.327 e. The van der Waals surface area contributed by atoms with Gasteiger partial charge in [0.1, 0.15) is 13.2 Å². The lowest BCUT2D eigenvalue weighted by atomic mass is 10.3. The third-order valence-corrected chi connectivity index (χ3v) is 2.20. The molecule has 1 unspecified atom stereocenters. The molecule has 0 spiro atoms. The van der Waals surface area contributed by atoms with E-state index in [2.05, 4.69) is 5.10 Å². The van der Waals surface area contributed by atoms with Gasteiger partial charge in [0.05, 0.1) is 23.2 Å². The Labute approximate surface area is 94.0 Å². The van der Waals surface area contributed by atoms with Gasteiger partial charge in [0, 0.05) is 0 Å². The van der Waals surface area contributed by atoms with Crippen molar-refractivity contribution in [3.05, 3.63) is 11.4 Å². The van der Waals surface area contributed by atoms with Crippen molar-refractivity contribution in [1.29, 1.82) is 0 Å². The average molecular weight is 227 g/mol. The van der Waals surface area contributed by atoms with Crippen LogP contribution in [0.25, 0.3) is 0 Å². The maximum Gasteiger partial charge on any atom is 0.327 e. The summed E-state index contributed by atoms with van der Waals surface area (Å²) < 4.78 is 6.32. The molecule has 16 heavy (non-hydrogen) atoms. The summed E-state index contributed by atoms with van der Waals surface area (Å²) in [7, 11) is 0. The molecule has 90 valence electrons. The Kier molecular flexibility index (Phi) is 3.89. The third kappa shape index (κ3) is 2.96. The zero-order chi connectivity index (χ0) is 12.3. The molecule has 1 rings (SSSR count). The summed E-state index contributed by atoms with van der Waals surface area (Å²) in [6, 6.07) is 0. The van der Waals surface area contributed by atoms with Gasteiger partial charge in [0.2, 0.25) is 0 Å². The van der Waals surface area contributed by atoms with Crippen molar-refractivity contribution in [3.8, 4) is 0 Å². The molecule has 1 heterocycles. The standard InChI is InChI=1S/C10H17N3O3/c1-6(14)5-16-9(15)4-13-8(3)10(11)7(2)12-13/h6,14H,4-5,11H2,1-3H3. The van der Waals surface area contributed by atoms with Gasteiger partial charge in [-0.2, -0.15) is 5.10 Å². The first-order valence-corrected chi connectivity index (χ1v) is 5.05. The van der Waals surface area contributed by atoms with Crippen LogP contribution in [0.15, 0.2) is 0 Å².